The van der Waals surface area contributed by atoms with Gasteiger partial charge >= 0.3 is 0 Å². The minimum absolute atomic E-state index is 0.0613. The van der Waals surface area contributed by atoms with E-state index < -0.39 is 9.84 Å². The highest BCUT2D eigenvalue weighted by Crippen LogP contribution is 2.38. The van der Waals surface area contributed by atoms with Gasteiger partial charge in [-0.1, -0.05) is 53.7 Å². The fourth-order valence-electron chi connectivity index (χ4n) is 3.75. The van der Waals surface area contributed by atoms with Crippen LogP contribution in [0.4, 0.5) is 4.39 Å². The van der Waals surface area contributed by atoms with Crippen LogP contribution in [-0.4, -0.2) is 53.7 Å². The number of aliphatic imine (C=N–C) groups is 1. The summed E-state index contributed by atoms with van der Waals surface area (Å²) in [6.45, 7) is 0.507. The molecule has 2 heterocycles. The third-order valence-corrected chi connectivity index (χ3v) is 8.87. The van der Waals surface area contributed by atoms with Gasteiger partial charge in [-0.25, -0.2) is 12.8 Å². The van der Waals surface area contributed by atoms with Crippen molar-refractivity contribution < 1.29 is 17.6 Å². The SMILES string of the molecule is O=C(Cc1ccccc1Cl)N=C1S[C@@H]2CS(=O)(=O)C[C@H]2N1CCc1ccc(F)cc1. The Bertz CT molecular complexity index is 1090. The summed E-state index contributed by atoms with van der Waals surface area (Å²) in [6.07, 6.45) is 0.686. The van der Waals surface area contributed by atoms with Crippen LogP contribution in [0.1, 0.15) is 11.1 Å². The van der Waals surface area contributed by atoms with Gasteiger partial charge < -0.3 is 4.90 Å². The summed E-state index contributed by atoms with van der Waals surface area (Å²) in [7, 11) is -3.10. The van der Waals surface area contributed by atoms with Crippen molar-refractivity contribution in [2.24, 2.45) is 4.99 Å². The lowest BCUT2D eigenvalue weighted by molar-refractivity contribution is -0.117. The van der Waals surface area contributed by atoms with E-state index in [0.29, 0.717) is 28.7 Å². The number of hydrogen-bond donors (Lipinski definition) is 0. The largest absolute Gasteiger partial charge is 0.346 e. The first-order chi connectivity index (χ1) is 14.3. The lowest BCUT2D eigenvalue weighted by Crippen LogP contribution is -2.39. The van der Waals surface area contributed by atoms with Gasteiger partial charge in [-0.05, 0) is 35.7 Å². The third-order valence-electron chi connectivity index (χ3n) is 5.25. The van der Waals surface area contributed by atoms with Crippen molar-refractivity contribution in [1.29, 1.82) is 0 Å². The summed E-state index contributed by atoms with van der Waals surface area (Å²) < 4.78 is 37.4. The first-order valence-electron chi connectivity index (χ1n) is 9.54. The molecule has 0 bridgehead atoms. The lowest BCUT2D eigenvalue weighted by Gasteiger charge is -2.24. The number of carbonyl (C=O) groups is 1. The van der Waals surface area contributed by atoms with Crippen LogP contribution in [0.25, 0.3) is 0 Å². The fraction of sp³-hybridized carbons (Fsp3) is 0.333. The van der Waals surface area contributed by atoms with Crippen LogP contribution in [0.2, 0.25) is 5.02 Å². The van der Waals surface area contributed by atoms with E-state index >= 15 is 0 Å². The molecule has 2 fully saturated rings. The van der Waals surface area contributed by atoms with Crippen molar-refractivity contribution in [2.45, 2.75) is 24.1 Å². The number of sulfone groups is 1. The van der Waals surface area contributed by atoms with Crippen molar-refractivity contribution >= 4 is 44.3 Å². The van der Waals surface area contributed by atoms with Gasteiger partial charge in [0.1, 0.15) is 5.82 Å². The molecule has 5 nitrogen and oxygen atoms in total. The van der Waals surface area contributed by atoms with Gasteiger partial charge in [-0.15, -0.1) is 0 Å². The number of nitrogens with zero attached hydrogens (tertiary/aromatic N) is 2. The van der Waals surface area contributed by atoms with E-state index in [0.717, 1.165) is 5.56 Å². The van der Waals surface area contributed by atoms with E-state index in [1.54, 1.807) is 30.3 Å². The van der Waals surface area contributed by atoms with Gasteiger partial charge in [-0.3, -0.25) is 4.79 Å². The van der Waals surface area contributed by atoms with E-state index in [4.69, 9.17) is 11.6 Å². The number of thioether (sulfide) groups is 1. The van der Waals surface area contributed by atoms with Crippen molar-refractivity contribution in [3.05, 3.63) is 70.5 Å². The summed E-state index contributed by atoms with van der Waals surface area (Å²) in [5.74, 6) is -0.469. The molecule has 0 aliphatic carbocycles. The Morgan fingerprint density at radius 2 is 1.90 bits per heavy atom. The lowest BCUT2D eigenvalue weighted by atomic mass is 10.1. The molecule has 2 aliphatic heterocycles. The number of carbonyl (C=O) groups excluding carboxylic acids is 1. The number of amides is 1. The van der Waals surface area contributed by atoms with Crippen LogP contribution < -0.4 is 0 Å². The first-order valence-corrected chi connectivity index (χ1v) is 12.6. The Labute approximate surface area is 184 Å². The van der Waals surface area contributed by atoms with Gasteiger partial charge in [0.2, 0.25) is 0 Å². The third kappa shape index (κ3) is 4.87. The summed E-state index contributed by atoms with van der Waals surface area (Å²) in [5, 5.41) is 0.940. The Balaban J connectivity index is 1.52. The molecule has 2 aromatic carbocycles. The predicted octanol–water partition coefficient (Wildman–Crippen LogP) is 3.36. The number of halogens is 2. The maximum Gasteiger partial charge on any atom is 0.252 e. The fourth-order valence-corrected chi connectivity index (χ4v) is 7.95. The second-order valence-corrected chi connectivity index (χ2v) is 11.2. The van der Waals surface area contributed by atoms with Crippen LogP contribution in [0, 0.1) is 5.82 Å². The second kappa shape index (κ2) is 8.69. The van der Waals surface area contributed by atoms with E-state index in [1.165, 1.54) is 23.9 Å². The molecule has 0 N–H and O–H groups in total. The van der Waals surface area contributed by atoms with Crippen molar-refractivity contribution in [3.8, 4) is 0 Å². The zero-order chi connectivity index (χ0) is 21.3. The maximum absolute atomic E-state index is 13.2. The van der Waals surface area contributed by atoms with Crippen LogP contribution in [0.5, 0.6) is 0 Å². The average molecular weight is 467 g/mol. The molecule has 0 spiro atoms. The normalized spacial score (nSPS) is 23.7. The molecule has 0 aromatic heterocycles. The standard InChI is InChI=1S/C21H20ClFN2O3S2/c22-17-4-2-1-3-15(17)11-20(26)24-21-25(10-9-14-5-7-16(23)8-6-14)18-12-30(27,28)13-19(18)29-21/h1-8,18-19H,9-13H2/t18-,19-/m1/s1. The van der Waals surface area contributed by atoms with E-state index in [9.17, 15) is 17.6 Å². The summed E-state index contributed by atoms with van der Waals surface area (Å²) in [5.41, 5.74) is 1.64. The molecule has 4 rings (SSSR count). The maximum atomic E-state index is 13.2. The predicted molar refractivity (Wildman–Crippen MR) is 118 cm³/mol. The first kappa shape index (κ1) is 21.3. The van der Waals surface area contributed by atoms with Gasteiger partial charge in [-0.2, -0.15) is 4.99 Å². The minimum Gasteiger partial charge on any atom is -0.346 e. The number of rotatable bonds is 5. The monoisotopic (exact) mass is 466 g/mol. The average Bonchev–Trinajstić information content (AvgIpc) is 3.14. The molecular weight excluding hydrogens is 447 g/mol. The molecule has 2 atom stereocenters. The molecule has 9 heteroatoms. The summed E-state index contributed by atoms with van der Waals surface area (Å²) in [6, 6.07) is 13.2. The zero-order valence-corrected chi connectivity index (χ0v) is 18.4. The van der Waals surface area contributed by atoms with E-state index in [1.807, 2.05) is 11.0 Å². The van der Waals surface area contributed by atoms with Crippen LogP contribution >= 0.6 is 23.4 Å². The van der Waals surface area contributed by atoms with Crippen molar-refractivity contribution in [1.82, 2.24) is 4.90 Å². The molecule has 2 aromatic rings. The van der Waals surface area contributed by atoms with Crippen LogP contribution in [0.3, 0.4) is 0 Å². The zero-order valence-electron chi connectivity index (χ0n) is 16.0. The molecule has 2 saturated heterocycles. The Morgan fingerprint density at radius 3 is 2.63 bits per heavy atom. The molecule has 0 saturated carbocycles. The number of hydrogen-bond acceptors (Lipinski definition) is 4. The molecule has 30 heavy (non-hydrogen) atoms. The Morgan fingerprint density at radius 1 is 1.17 bits per heavy atom. The second-order valence-electron chi connectivity index (χ2n) is 7.43. The van der Waals surface area contributed by atoms with Gasteiger partial charge in [0.05, 0.1) is 24.0 Å². The Kier molecular flexibility index (Phi) is 6.18. The van der Waals surface area contributed by atoms with E-state index in [2.05, 4.69) is 4.99 Å². The smallest absolute Gasteiger partial charge is 0.252 e. The number of amidine groups is 1. The summed E-state index contributed by atoms with van der Waals surface area (Å²) >= 11 is 7.50. The number of fused-ring (bicyclic) bond motifs is 1. The minimum atomic E-state index is -3.10. The molecule has 158 valence electrons. The Hall–Kier alpha value is -1.90. The highest BCUT2D eigenvalue weighted by atomic mass is 35.5. The highest BCUT2D eigenvalue weighted by Gasteiger charge is 2.48. The molecule has 0 radical (unpaired) electrons. The quantitative estimate of drug-likeness (QED) is 0.676. The van der Waals surface area contributed by atoms with E-state index in [-0.39, 0.29) is 40.9 Å². The summed E-state index contributed by atoms with van der Waals surface area (Å²) in [4.78, 5) is 18.8. The topological polar surface area (TPSA) is 66.8 Å². The van der Waals surface area contributed by atoms with Crippen LogP contribution in [-0.2, 0) is 27.5 Å². The van der Waals surface area contributed by atoms with Crippen molar-refractivity contribution in [3.63, 3.8) is 0 Å². The van der Waals surface area contributed by atoms with Crippen molar-refractivity contribution in [2.75, 3.05) is 18.1 Å². The van der Waals surface area contributed by atoms with Gasteiger partial charge in [0, 0.05) is 16.8 Å². The molecular formula is C21H20ClFN2O3S2. The van der Waals surface area contributed by atoms with Crippen LogP contribution in [0.15, 0.2) is 53.5 Å². The molecule has 2 aliphatic rings. The van der Waals surface area contributed by atoms with Gasteiger partial charge in [0.15, 0.2) is 15.0 Å². The highest BCUT2D eigenvalue weighted by molar-refractivity contribution is 8.15. The number of benzene rings is 2. The molecule has 0 unspecified atom stereocenters. The molecule has 1 amide bonds. The van der Waals surface area contributed by atoms with Gasteiger partial charge in [0.25, 0.3) is 5.91 Å².